The number of aromatic nitrogens is 1. The predicted molar refractivity (Wildman–Crippen MR) is 116 cm³/mol. The summed E-state index contributed by atoms with van der Waals surface area (Å²) < 4.78 is 14.7. The van der Waals surface area contributed by atoms with E-state index in [9.17, 15) is 9.18 Å². The third-order valence-corrected chi connectivity index (χ3v) is 6.06. The summed E-state index contributed by atoms with van der Waals surface area (Å²) in [7, 11) is 2.09. The van der Waals surface area contributed by atoms with Gasteiger partial charge in [-0.05, 0) is 55.6 Å². The zero-order valence-corrected chi connectivity index (χ0v) is 17.2. The standard InChI is InChI=1S/C22H29FN6O/c1-29-9-8-13-6-7-15(10-14(13)12-29)26-21-16(20(25)30)11-17(23)22(28-21)27-19-5-3-2-4-18(19)24/h6-7,10-11,18-19H,2-5,8-9,12,24H2,1H3,(H2,25,30)(H2,26,27,28). The summed E-state index contributed by atoms with van der Waals surface area (Å²) in [5.74, 6) is -1.02. The molecule has 2 unspecified atom stereocenters. The first-order valence-corrected chi connectivity index (χ1v) is 10.5. The molecule has 8 heteroatoms. The first-order valence-electron chi connectivity index (χ1n) is 10.5. The number of likely N-dealkylation sites (N-methyl/N-ethyl adjacent to an activating group) is 1. The molecular weight excluding hydrogens is 383 g/mol. The van der Waals surface area contributed by atoms with Gasteiger partial charge in [-0.1, -0.05) is 18.9 Å². The van der Waals surface area contributed by atoms with Crippen LogP contribution in [0, 0.1) is 5.82 Å². The lowest BCUT2D eigenvalue weighted by molar-refractivity contribution is 0.100. The maximum atomic E-state index is 14.7. The molecule has 160 valence electrons. The molecule has 0 spiro atoms. The van der Waals surface area contributed by atoms with Crippen LogP contribution in [0.5, 0.6) is 0 Å². The maximum Gasteiger partial charge on any atom is 0.252 e. The highest BCUT2D eigenvalue weighted by atomic mass is 19.1. The molecule has 0 radical (unpaired) electrons. The predicted octanol–water partition coefficient (Wildman–Crippen LogP) is 2.73. The molecule has 1 fully saturated rings. The number of nitrogens with one attached hydrogen (secondary N) is 2. The van der Waals surface area contributed by atoms with E-state index in [2.05, 4.69) is 33.6 Å². The minimum Gasteiger partial charge on any atom is -0.365 e. The first kappa shape index (κ1) is 20.6. The van der Waals surface area contributed by atoms with Crippen molar-refractivity contribution in [2.24, 2.45) is 11.5 Å². The minimum atomic E-state index is -0.734. The van der Waals surface area contributed by atoms with Crippen molar-refractivity contribution < 1.29 is 9.18 Å². The van der Waals surface area contributed by atoms with E-state index in [-0.39, 0.29) is 29.3 Å². The van der Waals surface area contributed by atoms with Gasteiger partial charge in [-0.2, -0.15) is 0 Å². The summed E-state index contributed by atoms with van der Waals surface area (Å²) in [5.41, 5.74) is 15.0. The molecule has 0 saturated heterocycles. The lowest BCUT2D eigenvalue weighted by Gasteiger charge is -2.30. The number of halogens is 1. The van der Waals surface area contributed by atoms with Gasteiger partial charge in [0.1, 0.15) is 5.82 Å². The van der Waals surface area contributed by atoms with Crippen LogP contribution in [0.25, 0.3) is 0 Å². The van der Waals surface area contributed by atoms with Crippen LogP contribution in [0.15, 0.2) is 24.3 Å². The van der Waals surface area contributed by atoms with Gasteiger partial charge in [0.2, 0.25) is 0 Å². The Balaban J connectivity index is 1.63. The fourth-order valence-corrected chi connectivity index (χ4v) is 4.30. The second kappa shape index (κ2) is 8.57. The molecule has 30 heavy (non-hydrogen) atoms. The van der Waals surface area contributed by atoms with E-state index in [0.717, 1.165) is 56.9 Å². The minimum absolute atomic E-state index is 0.0147. The third-order valence-electron chi connectivity index (χ3n) is 6.06. The van der Waals surface area contributed by atoms with Crippen molar-refractivity contribution in [3.63, 3.8) is 0 Å². The van der Waals surface area contributed by atoms with Crippen LogP contribution in [0.4, 0.5) is 21.7 Å². The van der Waals surface area contributed by atoms with Crippen LogP contribution in [-0.2, 0) is 13.0 Å². The Labute approximate surface area is 176 Å². The maximum absolute atomic E-state index is 14.7. The van der Waals surface area contributed by atoms with Crippen molar-refractivity contribution in [2.45, 2.75) is 50.7 Å². The van der Waals surface area contributed by atoms with Crippen molar-refractivity contribution >= 4 is 23.2 Å². The van der Waals surface area contributed by atoms with Gasteiger partial charge in [-0.25, -0.2) is 9.37 Å². The zero-order chi connectivity index (χ0) is 21.3. The van der Waals surface area contributed by atoms with Crippen molar-refractivity contribution in [2.75, 3.05) is 24.2 Å². The smallest absolute Gasteiger partial charge is 0.252 e. The molecule has 0 bridgehead atoms. The number of carbonyl (C=O) groups excluding carboxylic acids is 1. The summed E-state index contributed by atoms with van der Waals surface area (Å²) in [6.07, 6.45) is 4.88. The van der Waals surface area contributed by atoms with Gasteiger partial charge in [0.25, 0.3) is 5.91 Å². The number of nitrogens with two attached hydrogens (primary N) is 2. The van der Waals surface area contributed by atoms with Crippen LogP contribution >= 0.6 is 0 Å². The van der Waals surface area contributed by atoms with Crippen molar-refractivity contribution in [1.82, 2.24) is 9.88 Å². The summed E-state index contributed by atoms with van der Waals surface area (Å²) in [4.78, 5) is 18.6. The number of pyridine rings is 1. The van der Waals surface area contributed by atoms with Crippen LogP contribution in [0.3, 0.4) is 0 Å². The number of carbonyl (C=O) groups is 1. The van der Waals surface area contributed by atoms with Crippen molar-refractivity contribution in [3.05, 3.63) is 46.8 Å². The highest BCUT2D eigenvalue weighted by Gasteiger charge is 2.24. The molecule has 2 aromatic rings. The average molecular weight is 413 g/mol. The second-order valence-electron chi connectivity index (χ2n) is 8.37. The van der Waals surface area contributed by atoms with E-state index in [0.29, 0.717) is 0 Å². The van der Waals surface area contributed by atoms with E-state index in [1.807, 2.05) is 12.1 Å². The highest BCUT2D eigenvalue weighted by molar-refractivity contribution is 5.98. The van der Waals surface area contributed by atoms with Crippen LogP contribution in [0.1, 0.15) is 47.2 Å². The molecule has 1 aliphatic heterocycles. The molecule has 1 aromatic heterocycles. The van der Waals surface area contributed by atoms with Gasteiger partial charge < -0.3 is 27.0 Å². The van der Waals surface area contributed by atoms with Crippen LogP contribution < -0.4 is 22.1 Å². The van der Waals surface area contributed by atoms with E-state index in [1.165, 1.54) is 11.1 Å². The average Bonchev–Trinajstić information content (AvgIpc) is 2.71. The Kier molecular flexibility index (Phi) is 5.87. The fourth-order valence-electron chi connectivity index (χ4n) is 4.30. The monoisotopic (exact) mass is 412 g/mol. The van der Waals surface area contributed by atoms with Crippen LogP contribution in [-0.4, -0.2) is 41.5 Å². The topological polar surface area (TPSA) is 109 Å². The summed E-state index contributed by atoms with van der Waals surface area (Å²) in [6, 6.07) is 7.12. The number of hydrogen-bond donors (Lipinski definition) is 4. The van der Waals surface area contributed by atoms with Gasteiger partial charge in [0.05, 0.1) is 5.56 Å². The molecular formula is C22H29FN6O. The number of anilines is 3. The number of hydrogen-bond acceptors (Lipinski definition) is 6. The normalized spacial score (nSPS) is 21.7. The summed E-state index contributed by atoms with van der Waals surface area (Å²) >= 11 is 0. The van der Waals surface area contributed by atoms with E-state index >= 15 is 0 Å². The van der Waals surface area contributed by atoms with Gasteiger partial charge in [-0.15, -0.1) is 0 Å². The molecule has 7 nitrogen and oxygen atoms in total. The highest BCUT2D eigenvalue weighted by Crippen LogP contribution is 2.28. The molecule has 1 aromatic carbocycles. The number of rotatable bonds is 5. The number of primary amides is 1. The molecule has 2 heterocycles. The Morgan fingerprint density at radius 1 is 1.20 bits per heavy atom. The molecule has 1 saturated carbocycles. The molecule has 4 rings (SSSR count). The zero-order valence-electron chi connectivity index (χ0n) is 17.2. The van der Waals surface area contributed by atoms with E-state index in [4.69, 9.17) is 11.5 Å². The Morgan fingerprint density at radius 3 is 2.77 bits per heavy atom. The second-order valence-corrected chi connectivity index (χ2v) is 8.37. The van der Waals surface area contributed by atoms with E-state index in [1.54, 1.807) is 0 Å². The van der Waals surface area contributed by atoms with Crippen molar-refractivity contribution in [1.29, 1.82) is 0 Å². The molecule has 6 N–H and O–H groups in total. The fraction of sp³-hybridized carbons (Fsp3) is 0.455. The molecule has 1 amide bonds. The first-order chi connectivity index (χ1) is 14.4. The number of nitrogens with zero attached hydrogens (tertiary/aromatic N) is 2. The largest absolute Gasteiger partial charge is 0.365 e. The third kappa shape index (κ3) is 4.39. The van der Waals surface area contributed by atoms with Crippen LogP contribution in [0.2, 0.25) is 0 Å². The van der Waals surface area contributed by atoms with Gasteiger partial charge >= 0.3 is 0 Å². The quantitative estimate of drug-likeness (QED) is 0.601. The lowest BCUT2D eigenvalue weighted by atomic mass is 9.91. The van der Waals surface area contributed by atoms with Crippen molar-refractivity contribution in [3.8, 4) is 0 Å². The van der Waals surface area contributed by atoms with Gasteiger partial charge in [0.15, 0.2) is 11.6 Å². The number of amides is 1. The lowest BCUT2D eigenvalue weighted by Crippen LogP contribution is -2.43. The summed E-state index contributed by atoms with van der Waals surface area (Å²) in [5, 5.41) is 6.30. The summed E-state index contributed by atoms with van der Waals surface area (Å²) in [6.45, 7) is 1.89. The molecule has 2 atom stereocenters. The number of fused-ring (bicyclic) bond motifs is 1. The Hall–Kier alpha value is -2.71. The Bertz CT molecular complexity index is 949. The SMILES string of the molecule is CN1CCc2ccc(Nc3nc(NC4CCCCC4N)c(F)cc3C(N)=O)cc2C1. The molecule has 2 aliphatic rings. The molecule has 1 aliphatic carbocycles. The Morgan fingerprint density at radius 2 is 2.00 bits per heavy atom. The number of benzene rings is 1. The van der Waals surface area contributed by atoms with E-state index < -0.39 is 11.7 Å². The van der Waals surface area contributed by atoms with Gasteiger partial charge in [0, 0.05) is 30.9 Å². The van der Waals surface area contributed by atoms with Gasteiger partial charge in [-0.3, -0.25) is 4.79 Å².